The molecule has 0 spiro atoms. The Morgan fingerprint density at radius 3 is 2.62 bits per heavy atom. The van der Waals surface area contributed by atoms with Crippen molar-refractivity contribution < 1.29 is 5.11 Å². The molecule has 1 heterocycles. The lowest BCUT2D eigenvalue weighted by Crippen LogP contribution is -2.34. The highest BCUT2D eigenvalue weighted by atomic mass is 35.5. The van der Waals surface area contributed by atoms with Crippen LogP contribution in [-0.4, -0.2) is 11.7 Å². The summed E-state index contributed by atoms with van der Waals surface area (Å²) in [4.78, 5) is 0. The van der Waals surface area contributed by atoms with Gasteiger partial charge in [-0.15, -0.1) is 0 Å². The topological polar surface area (TPSA) is 32.3 Å². The summed E-state index contributed by atoms with van der Waals surface area (Å²) in [7, 11) is 0. The third-order valence-electron chi connectivity index (χ3n) is 3.54. The Morgan fingerprint density at radius 2 is 2.06 bits per heavy atom. The van der Waals surface area contributed by atoms with Crippen LogP contribution in [-0.2, 0) is 5.54 Å². The highest BCUT2D eigenvalue weighted by molar-refractivity contribution is 6.32. The van der Waals surface area contributed by atoms with Crippen molar-refractivity contribution in [1.29, 1.82) is 0 Å². The number of halogens is 1. The molecule has 0 bridgehead atoms. The van der Waals surface area contributed by atoms with E-state index in [0.717, 1.165) is 36.1 Å². The predicted molar refractivity (Wildman–Crippen MR) is 67.2 cm³/mol. The molecular formula is C13H18ClNO. The number of benzene rings is 1. The molecule has 1 unspecified atom stereocenters. The van der Waals surface area contributed by atoms with Crippen molar-refractivity contribution >= 4 is 11.6 Å². The molecule has 0 aliphatic carbocycles. The van der Waals surface area contributed by atoms with Gasteiger partial charge in [0.25, 0.3) is 0 Å². The summed E-state index contributed by atoms with van der Waals surface area (Å²) in [6.07, 6.45) is 2.18. The van der Waals surface area contributed by atoms with E-state index >= 15 is 0 Å². The van der Waals surface area contributed by atoms with E-state index in [-0.39, 0.29) is 11.3 Å². The molecule has 88 valence electrons. The minimum atomic E-state index is -0.133. The van der Waals surface area contributed by atoms with Gasteiger partial charge in [-0.2, -0.15) is 0 Å². The maximum atomic E-state index is 10.2. The van der Waals surface area contributed by atoms with E-state index in [2.05, 4.69) is 12.2 Å². The van der Waals surface area contributed by atoms with Crippen molar-refractivity contribution in [2.24, 2.45) is 0 Å². The fourth-order valence-electron chi connectivity index (χ4n) is 2.75. The zero-order valence-electron chi connectivity index (χ0n) is 10.0. The molecule has 1 fully saturated rings. The van der Waals surface area contributed by atoms with Crippen LogP contribution >= 0.6 is 11.6 Å². The quantitative estimate of drug-likeness (QED) is 0.789. The molecule has 0 amide bonds. The minimum Gasteiger partial charge on any atom is -0.506 e. The first-order valence-corrected chi connectivity index (χ1v) is 6.08. The van der Waals surface area contributed by atoms with E-state index in [1.54, 1.807) is 0 Å². The normalized spacial score (nSPS) is 25.0. The smallest absolute Gasteiger partial charge is 0.139 e. The van der Waals surface area contributed by atoms with Gasteiger partial charge < -0.3 is 10.4 Å². The second-order valence-electron chi connectivity index (χ2n) is 4.91. The Balaban J connectivity index is 2.60. The first-order valence-electron chi connectivity index (χ1n) is 5.70. The fourth-order valence-corrected chi connectivity index (χ4v) is 2.90. The highest BCUT2D eigenvalue weighted by Gasteiger charge is 2.34. The van der Waals surface area contributed by atoms with Crippen molar-refractivity contribution in [3.8, 4) is 5.75 Å². The van der Waals surface area contributed by atoms with Gasteiger partial charge in [-0.1, -0.05) is 17.7 Å². The number of aromatic hydroxyl groups is 1. The van der Waals surface area contributed by atoms with E-state index < -0.39 is 0 Å². The van der Waals surface area contributed by atoms with E-state index in [1.807, 2.05) is 19.9 Å². The van der Waals surface area contributed by atoms with Crippen LogP contribution in [0.4, 0.5) is 0 Å². The average Bonchev–Trinajstić information content (AvgIpc) is 2.62. The molecule has 2 N–H and O–H groups in total. The van der Waals surface area contributed by atoms with Crippen LogP contribution in [0, 0.1) is 13.8 Å². The Bertz CT molecular complexity index is 422. The third-order valence-corrected chi connectivity index (χ3v) is 4.02. The minimum absolute atomic E-state index is 0.133. The lowest BCUT2D eigenvalue weighted by Gasteiger charge is -2.28. The number of aryl methyl sites for hydroxylation is 2. The highest BCUT2D eigenvalue weighted by Crippen LogP contribution is 2.42. The SMILES string of the molecule is Cc1cc(C)c(C2(C)CCCN2)c(O)c1Cl. The maximum Gasteiger partial charge on any atom is 0.139 e. The maximum absolute atomic E-state index is 10.2. The van der Waals surface area contributed by atoms with Crippen molar-refractivity contribution in [3.63, 3.8) is 0 Å². The second kappa shape index (κ2) is 3.94. The van der Waals surface area contributed by atoms with Crippen LogP contribution < -0.4 is 5.32 Å². The van der Waals surface area contributed by atoms with Crippen LogP contribution in [0.25, 0.3) is 0 Å². The van der Waals surface area contributed by atoms with Crippen LogP contribution in [0.1, 0.15) is 36.5 Å². The summed E-state index contributed by atoms with van der Waals surface area (Å²) in [5.74, 6) is 0.246. The standard InChI is InChI=1S/C13H18ClNO/c1-8-7-9(2)11(14)12(16)10(8)13(3)5-4-6-15-13/h7,15-16H,4-6H2,1-3H3. The van der Waals surface area contributed by atoms with Gasteiger partial charge in [0.15, 0.2) is 0 Å². The van der Waals surface area contributed by atoms with E-state index in [1.165, 1.54) is 0 Å². The third kappa shape index (κ3) is 1.70. The van der Waals surface area contributed by atoms with Gasteiger partial charge in [0.05, 0.1) is 5.02 Å². The Labute approximate surface area is 102 Å². The summed E-state index contributed by atoms with van der Waals surface area (Å²) in [6, 6.07) is 2.04. The summed E-state index contributed by atoms with van der Waals surface area (Å²) in [6.45, 7) is 7.08. The molecular weight excluding hydrogens is 222 g/mol. The van der Waals surface area contributed by atoms with E-state index in [0.29, 0.717) is 5.02 Å². The molecule has 0 aromatic heterocycles. The number of rotatable bonds is 1. The van der Waals surface area contributed by atoms with Crippen molar-refractivity contribution in [1.82, 2.24) is 5.32 Å². The molecule has 1 aromatic rings. The average molecular weight is 240 g/mol. The number of hydrogen-bond donors (Lipinski definition) is 2. The number of hydrogen-bond acceptors (Lipinski definition) is 2. The van der Waals surface area contributed by atoms with Gasteiger partial charge >= 0.3 is 0 Å². The monoisotopic (exact) mass is 239 g/mol. The molecule has 1 aromatic carbocycles. The van der Waals surface area contributed by atoms with Crippen molar-refractivity contribution in [3.05, 3.63) is 27.8 Å². The second-order valence-corrected chi connectivity index (χ2v) is 5.29. The first-order chi connectivity index (χ1) is 7.46. The zero-order chi connectivity index (χ0) is 11.9. The number of phenolic OH excluding ortho intramolecular Hbond substituents is 1. The number of phenols is 1. The molecule has 16 heavy (non-hydrogen) atoms. The molecule has 1 saturated heterocycles. The lowest BCUT2D eigenvalue weighted by atomic mass is 9.86. The Morgan fingerprint density at radius 1 is 1.38 bits per heavy atom. The number of nitrogens with one attached hydrogen (secondary N) is 1. The van der Waals surface area contributed by atoms with Gasteiger partial charge in [-0.05, 0) is 51.3 Å². The Hall–Kier alpha value is -0.730. The van der Waals surface area contributed by atoms with E-state index in [9.17, 15) is 5.11 Å². The molecule has 1 aliphatic rings. The summed E-state index contributed by atoms with van der Waals surface area (Å²) in [5.41, 5.74) is 2.87. The summed E-state index contributed by atoms with van der Waals surface area (Å²) in [5, 5.41) is 14.2. The van der Waals surface area contributed by atoms with Gasteiger partial charge in [0.2, 0.25) is 0 Å². The zero-order valence-corrected chi connectivity index (χ0v) is 10.8. The van der Waals surface area contributed by atoms with Crippen LogP contribution in [0.5, 0.6) is 5.75 Å². The van der Waals surface area contributed by atoms with Gasteiger partial charge in [-0.3, -0.25) is 0 Å². The molecule has 2 rings (SSSR count). The van der Waals surface area contributed by atoms with Gasteiger partial charge in [0, 0.05) is 11.1 Å². The van der Waals surface area contributed by atoms with Crippen LogP contribution in [0.2, 0.25) is 5.02 Å². The van der Waals surface area contributed by atoms with Crippen molar-refractivity contribution in [2.45, 2.75) is 39.2 Å². The van der Waals surface area contributed by atoms with Crippen molar-refractivity contribution in [2.75, 3.05) is 6.54 Å². The molecule has 0 saturated carbocycles. The molecule has 0 radical (unpaired) electrons. The fraction of sp³-hybridized carbons (Fsp3) is 0.538. The van der Waals surface area contributed by atoms with Crippen LogP contribution in [0.3, 0.4) is 0 Å². The van der Waals surface area contributed by atoms with Gasteiger partial charge in [-0.25, -0.2) is 0 Å². The summed E-state index contributed by atoms with van der Waals surface area (Å²) < 4.78 is 0. The first kappa shape index (κ1) is 11.7. The predicted octanol–water partition coefficient (Wildman–Crippen LogP) is 3.26. The lowest BCUT2D eigenvalue weighted by molar-refractivity contribution is 0.392. The molecule has 1 atom stereocenters. The largest absolute Gasteiger partial charge is 0.506 e. The van der Waals surface area contributed by atoms with Gasteiger partial charge in [0.1, 0.15) is 5.75 Å². The molecule has 2 nitrogen and oxygen atoms in total. The molecule has 3 heteroatoms. The molecule has 1 aliphatic heterocycles. The van der Waals surface area contributed by atoms with Crippen LogP contribution in [0.15, 0.2) is 6.07 Å². The summed E-state index contributed by atoms with van der Waals surface area (Å²) >= 11 is 6.12. The Kier molecular flexibility index (Phi) is 2.89. The van der Waals surface area contributed by atoms with E-state index in [4.69, 9.17) is 11.6 Å².